The highest BCUT2D eigenvalue weighted by Gasteiger charge is 2.36. The Morgan fingerprint density at radius 2 is 1.97 bits per heavy atom. The monoisotopic (exact) mass is 533 g/mol. The molecule has 1 amide bonds. The van der Waals surface area contributed by atoms with Crippen molar-refractivity contribution in [3.05, 3.63) is 65.2 Å². The van der Waals surface area contributed by atoms with E-state index in [1.165, 1.54) is 0 Å². The first-order valence-corrected chi connectivity index (χ1v) is 13.4. The number of pyridine rings is 1. The number of benzene rings is 1. The smallest absolute Gasteiger partial charge is 0.325 e. The second kappa shape index (κ2) is 10.1. The number of nitrogens with one attached hydrogen (secondary N) is 1. The second-order valence-electron chi connectivity index (χ2n) is 11.6. The zero-order valence-electron chi connectivity index (χ0n) is 22.6. The summed E-state index contributed by atoms with van der Waals surface area (Å²) in [4.78, 5) is 18.1. The number of aliphatic imine (C=N–C) groups is 1. The Hall–Kier alpha value is -3.76. The maximum atomic E-state index is 13.4. The zero-order chi connectivity index (χ0) is 27.9. The van der Waals surface area contributed by atoms with Gasteiger partial charge in [-0.05, 0) is 77.5 Å². The fraction of sp³-hybridized carbons (Fsp3) is 0.448. The van der Waals surface area contributed by atoms with Crippen LogP contribution in [0.25, 0.3) is 5.69 Å². The van der Waals surface area contributed by atoms with Gasteiger partial charge in [0.1, 0.15) is 0 Å². The predicted molar refractivity (Wildman–Crippen MR) is 147 cm³/mol. The highest BCUT2D eigenvalue weighted by Crippen LogP contribution is 2.38. The lowest BCUT2D eigenvalue weighted by Crippen LogP contribution is -2.43. The lowest BCUT2D eigenvalue weighted by molar-refractivity contribution is -0.910. The number of nitrogens with two attached hydrogens (primary N) is 1. The highest BCUT2D eigenvalue weighted by molar-refractivity contribution is 6.04. The number of aromatic nitrogens is 3. The summed E-state index contributed by atoms with van der Waals surface area (Å²) in [5, 5.41) is 38.7. The van der Waals surface area contributed by atoms with E-state index in [1.807, 2.05) is 13.0 Å². The van der Waals surface area contributed by atoms with Crippen LogP contribution in [-0.2, 0) is 5.60 Å². The molecule has 39 heavy (non-hydrogen) atoms. The fourth-order valence-electron chi connectivity index (χ4n) is 4.92. The molecule has 2 fully saturated rings. The molecular weight excluding hydrogens is 496 g/mol. The summed E-state index contributed by atoms with van der Waals surface area (Å²) in [6, 6.07) is 8.69. The Balaban J connectivity index is 1.49. The quantitative estimate of drug-likeness (QED) is 0.136. The van der Waals surface area contributed by atoms with Crippen LogP contribution in [0, 0.1) is 0 Å². The molecule has 1 aromatic carbocycles. The number of aliphatic hydroxyl groups is 2. The molecule has 6 N–H and O–H groups in total. The van der Waals surface area contributed by atoms with Gasteiger partial charge in [-0.2, -0.15) is 5.10 Å². The van der Waals surface area contributed by atoms with Crippen LogP contribution in [0.15, 0.2) is 47.7 Å². The first-order valence-electron chi connectivity index (χ1n) is 13.4. The maximum Gasteiger partial charge on any atom is 0.325 e. The third-order valence-corrected chi connectivity index (χ3v) is 7.66. The Bertz CT molecular complexity index is 1410. The van der Waals surface area contributed by atoms with Crippen LogP contribution in [0.2, 0.25) is 0 Å². The van der Waals surface area contributed by atoms with Crippen molar-refractivity contribution in [2.75, 3.05) is 11.1 Å². The van der Waals surface area contributed by atoms with Crippen molar-refractivity contribution in [2.45, 2.75) is 82.5 Å². The van der Waals surface area contributed by atoms with E-state index in [1.54, 1.807) is 61.4 Å². The van der Waals surface area contributed by atoms with E-state index in [0.29, 0.717) is 46.7 Å². The molecule has 0 saturated heterocycles. The van der Waals surface area contributed by atoms with E-state index in [9.17, 15) is 20.2 Å². The van der Waals surface area contributed by atoms with Crippen LogP contribution < -0.4 is 15.8 Å². The van der Waals surface area contributed by atoms with E-state index in [2.05, 4.69) is 10.4 Å². The van der Waals surface area contributed by atoms with Gasteiger partial charge in [0.25, 0.3) is 0 Å². The second-order valence-corrected chi connectivity index (χ2v) is 11.6. The molecule has 5 rings (SSSR count). The maximum absolute atomic E-state index is 13.4. The lowest BCUT2D eigenvalue weighted by Gasteiger charge is -2.31. The van der Waals surface area contributed by atoms with Crippen molar-refractivity contribution in [2.24, 2.45) is 4.99 Å². The molecule has 2 aromatic heterocycles. The topological polar surface area (TPSA) is 150 Å². The van der Waals surface area contributed by atoms with Crippen LogP contribution in [0.1, 0.15) is 92.5 Å². The summed E-state index contributed by atoms with van der Waals surface area (Å²) in [7, 11) is 0. The summed E-state index contributed by atoms with van der Waals surface area (Å²) in [6.45, 7) is 5.19. The Labute approximate surface area is 227 Å². The Morgan fingerprint density at radius 3 is 2.62 bits per heavy atom. The number of hydrogen-bond donors (Lipinski definition) is 5. The van der Waals surface area contributed by atoms with E-state index in [0.717, 1.165) is 30.4 Å². The average molecular weight is 534 g/mol. The molecular formula is C29H37N6O4+. The van der Waals surface area contributed by atoms with Crippen molar-refractivity contribution in [3.63, 3.8) is 0 Å². The van der Waals surface area contributed by atoms with Crippen LogP contribution in [0.5, 0.6) is 0 Å². The van der Waals surface area contributed by atoms with Crippen molar-refractivity contribution < 1.29 is 24.9 Å². The molecule has 10 heteroatoms. The van der Waals surface area contributed by atoms with Crippen molar-refractivity contribution in [1.82, 2.24) is 9.78 Å². The molecule has 0 unspecified atom stereocenters. The molecule has 206 valence electrons. The third-order valence-electron chi connectivity index (χ3n) is 7.66. The summed E-state index contributed by atoms with van der Waals surface area (Å²) >= 11 is 0. The molecule has 0 bridgehead atoms. The van der Waals surface area contributed by atoms with Gasteiger partial charge in [0.15, 0.2) is 0 Å². The van der Waals surface area contributed by atoms with Gasteiger partial charge in [-0.15, -0.1) is 0 Å². The largest absolute Gasteiger partial charge is 0.398 e. The molecule has 3 aromatic rings. The summed E-state index contributed by atoms with van der Waals surface area (Å²) in [6.07, 6.45) is 9.88. The predicted octanol–water partition coefficient (Wildman–Crippen LogP) is 3.45. The van der Waals surface area contributed by atoms with Crippen LogP contribution in [-0.4, -0.2) is 49.0 Å². The van der Waals surface area contributed by atoms with Crippen molar-refractivity contribution in [3.8, 4) is 5.69 Å². The van der Waals surface area contributed by atoms with Gasteiger partial charge in [0, 0.05) is 52.0 Å². The van der Waals surface area contributed by atoms with E-state index in [-0.39, 0.29) is 17.7 Å². The highest BCUT2D eigenvalue weighted by atomic mass is 16.5. The Morgan fingerprint density at radius 1 is 1.26 bits per heavy atom. The summed E-state index contributed by atoms with van der Waals surface area (Å²) in [5.74, 6) is -0.233. The molecule has 2 aliphatic rings. The molecule has 0 radical (unpaired) electrons. The first kappa shape index (κ1) is 26.8. The van der Waals surface area contributed by atoms with Crippen LogP contribution in [0.4, 0.5) is 11.4 Å². The average Bonchev–Trinajstić information content (AvgIpc) is 3.58. The molecule has 2 saturated carbocycles. The van der Waals surface area contributed by atoms with Gasteiger partial charge in [-0.3, -0.25) is 15.0 Å². The van der Waals surface area contributed by atoms with Crippen LogP contribution >= 0.6 is 0 Å². The number of amides is 1. The lowest BCUT2D eigenvalue weighted by atomic mass is 9.84. The van der Waals surface area contributed by atoms with Crippen LogP contribution in [0.3, 0.4) is 0 Å². The number of carbonyl (C=O) groups is 1. The number of carbonyl (C=O) groups excluding carboxylic acids is 1. The minimum atomic E-state index is -1.10. The number of rotatable bonds is 7. The normalized spacial score (nSPS) is 21.8. The molecule has 2 heterocycles. The minimum Gasteiger partial charge on any atom is -0.398 e. The molecule has 0 spiro atoms. The van der Waals surface area contributed by atoms with Gasteiger partial charge in [-0.1, -0.05) is 0 Å². The van der Waals surface area contributed by atoms with Gasteiger partial charge >= 0.3 is 11.6 Å². The fourth-order valence-corrected chi connectivity index (χ4v) is 4.92. The summed E-state index contributed by atoms with van der Waals surface area (Å²) in [5.41, 5.74) is 8.11. The minimum absolute atomic E-state index is 0.0845. The number of nitrogen functional groups attached to an aromatic ring is 1. The third kappa shape index (κ3) is 5.97. The SMILES string of the molecule is CC1(O)CCC(N=Cc2cc(NC(=O)c3cccc(C4CC4)[n+]3O)c(-n3cc(C(C)(C)O)cn3)cc2N)CC1. The van der Waals surface area contributed by atoms with Gasteiger partial charge in [0.2, 0.25) is 5.69 Å². The number of nitrogens with zero attached hydrogens (tertiary/aromatic N) is 4. The molecule has 0 atom stereocenters. The summed E-state index contributed by atoms with van der Waals surface area (Å²) < 4.78 is 2.52. The van der Waals surface area contributed by atoms with E-state index in [4.69, 9.17) is 10.7 Å². The standard InChI is InChI=1S/C29H36N6O4/c1-28(2,37)20-16-32-34(17-20)26-14-22(30)19(15-31-21-9-11-29(3,38)12-10-21)13-23(26)33-27(36)25-6-4-5-24(35(25)39)18-7-8-18/h4-6,13-18,21,30,36-39H,7-12H2,1-3H3/p+1. The number of hydrogen-bond acceptors (Lipinski definition) is 7. The Kier molecular flexibility index (Phi) is 6.94. The van der Waals surface area contributed by atoms with Crippen molar-refractivity contribution in [1.29, 1.82) is 0 Å². The van der Waals surface area contributed by atoms with E-state index < -0.39 is 17.1 Å². The molecule has 0 aliphatic heterocycles. The van der Waals surface area contributed by atoms with Gasteiger partial charge < -0.3 is 21.3 Å². The molecule has 2 aliphatic carbocycles. The van der Waals surface area contributed by atoms with Gasteiger partial charge in [0.05, 0.1) is 34.8 Å². The van der Waals surface area contributed by atoms with Gasteiger partial charge in [-0.25, -0.2) is 4.68 Å². The first-order chi connectivity index (χ1) is 18.4. The number of anilines is 2. The molecule has 10 nitrogen and oxygen atoms in total. The zero-order valence-corrected chi connectivity index (χ0v) is 22.6. The van der Waals surface area contributed by atoms with Crippen molar-refractivity contribution >= 4 is 23.5 Å². The van der Waals surface area contributed by atoms with E-state index >= 15 is 0 Å².